The molecule has 0 saturated carbocycles. The standard InChI is InChI=1S/C14H25N3O6S2/c1-14(11-24(19,20)10-12(14)25(21,22)23)15-13(18)2-6-17-7-3-16(4-8-17)5-9-17/h12H,2-11H2,1H3,(H-,15,18,21,22,23)/p+1/t12-,14-/m1/s1. The topological polar surface area (TPSA) is 121 Å². The van der Waals surface area contributed by atoms with Crippen LogP contribution in [0.2, 0.25) is 0 Å². The zero-order valence-electron chi connectivity index (χ0n) is 14.3. The Labute approximate surface area is 148 Å². The Morgan fingerprint density at radius 1 is 1.28 bits per heavy atom. The van der Waals surface area contributed by atoms with Gasteiger partial charge < -0.3 is 9.80 Å². The highest BCUT2D eigenvalue weighted by molar-refractivity contribution is 7.94. The second kappa shape index (κ2) is 6.15. The molecule has 4 aliphatic heterocycles. The van der Waals surface area contributed by atoms with Crippen LogP contribution in [-0.2, 0) is 24.7 Å². The first-order valence-corrected chi connectivity index (χ1v) is 11.8. The van der Waals surface area contributed by atoms with Crippen molar-refractivity contribution in [2.24, 2.45) is 0 Å². The number of rotatable bonds is 5. The number of fused-ring (bicyclic) bond motifs is 3. The van der Waals surface area contributed by atoms with Gasteiger partial charge in [-0.25, -0.2) is 8.42 Å². The van der Waals surface area contributed by atoms with E-state index < -0.39 is 42.2 Å². The number of quaternary nitrogens is 1. The van der Waals surface area contributed by atoms with Gasteiger partial charge in [-0.05, 0) is 6.92 Å². The summed E-state index contributed by atoms with van der Waals surface area (Å²) in [6.07, 6.45) is 0.216. The van der Waals surface area contributed by atoms with E-state index in [1.54, 1.807) is 0 Å². The number of nitrogens with zero attached hydrogens (tertiary/aromatic N) is 2. The van der Waals surface area contributed by atoms with E-state index in [0.717, 1.165) is 43.8 Å². The summed E-state index contributed by atoms with van der Waals surface area (Å²) in [6.45, 7) is 8.15. The largest absolute Gasteiger partial charge is 0.348 e. The maximum atomic E-state index is 12.4. The first-order chi connectivity index (χ1) is 11.4. The van der Waals surface area contributed by atoms with Crippen molar-refractivity contribution >= 4 is 25.9 Å². The summed E-state index contributed by atoms with van der Waals surface area (Å²) in [4.78, 5) is 14.8. The molecule has 0 aliphatic carbocycles. The van der Waals surface area contributed by atoms with Gasteiger partial charge in [0.15, 0.2) is 9.84 Å². The van der Waals surface area contributed by atoms with Gasteiger partial charge in [0.2, 0.25) is 5.91 Å². The second-order valence-electron chi connectivity index (χ2n) is 7.85. The van der Waals surface area contributed by atoms with Crippen LogP contribution in [0, 0.1) is 0 Å². The fraction of sp³-hybridized carbons (Fsp3) is 0.929. The summed E-state index contributed by atoms with van der Waals surface area (Å²) in [7, 11) is -8.22. The molecule has 144 valence electrons. The van der Waals surface area contributed by atoms with Crippen LogP contribution in [0.5, 0.6) is 0 Å². The number of piperazine rings is 3. The van der Waals surface area contributed by atoms with Crippen LogP contribution < -0.4 is 5.32 Å². The third-order valence-corrected chi connectivity index (χ3v) is 9.40. The first kappa shape index (κ1) is 19.0. The predicted molar refractivity (Wildman–Crippen MR) is 91.3 cm³/mol. The fourth-order valence-electron chi connectivity index (χ4n) is 4.34. The normalized spacial score (nSPS) is 40.1. The molecule has 2 N–H and O–H groups in total. The highest BCUT2D eigenvalue weighted by atomic mass is 32.2. The predicted octanol–water partition coefficient (Wildman–Crippen LogP) is -1.92. The molecule has 0 spiro atoms. The molecule has 0 aromatic carbocycles. The molecule has 0 aromatic heterocycles. The number of amides is 1. The Balaban J connectivity index is 1.65. The molecular weight excluding hydrogens is 370 g/mol. The monoisotopic (exact) mass is 396 g/mol. The van der Waals surface area contributed by atoms with Gasteiger partial charge in [0.05, 0.1) is 49.6 Å². The minimum absolute atomic E-state index is 0.216. The molecule has 0 unspecified atom stereocenters. The van der Waals surface area contributed by atoms with Crippen LogP contribution in [0.4, 0.5) is 0 Å². The van der Waals surface area contributed by atoms with E-state index in [-0.39, 0.29) is 12.3 Å². The second-order valence-corrected chi connectivity index (χ2v) is 11.6. The third kappa shape index (κ3) is 4.00. The minimum Gasteiger partial charge on any atom is -0.348 e. The lowest BCUT2D eigenvalue weighted by molar-refractivity contribution is -0.940. The minimum atomic E-state index is -4.58. The maximum absolute atomic E-state index is 12.4. The van der Waals surface area contributed by atoms with Gasteiger partial charge in [-0.15, -0.1) is 0 Å². The van der Waals surface area contributed by atoms with E-state index in [9.17, 15) is 26.2 Å². The average molecular weight is 397 g/mol. The molecular formula is C14H26N3O6S2+. The van der Waals surface area contributed by atoms with Crippen molar-refractivity contribution in [1.29, 1.82) is 0 Å². The van der Waals surface area contributed by atoms with E-state index >= 15 is 0 Å². The van der Waals surface area contributed by atoms with Crippen molar-refractivity contribution < 1.29 is 30.7 Å². The summed E-state index contributed by atoms with van der Waals surface area (Å²) < 4.78 is 57.1. The maximum Gasteiger partial charge on any atom is 0.271 e. The van der Waals surface area contributed by atoms with Crippen molar-refractivity contribution in [3.05, 3.63) is 0 Å². The van der Waals surface area contributed by atoms with Crippen LogP contribution in [0.25, 0.3) is 0 Å². The van der Waals surface area contributed by atoms with Gasteiger partial charge in [0, 0.05) is 19.6 Å². The quantitative estimate of drug-likeness (QED) is 0.411. The molecule has 4 rings (SSSR count). The Hall–Kier alpha value is -0.750. The molecule has 4 saturated heterocycles. The van der Waals surface area contributed by atoms with Gasteiger partial charge in [0.25, 0.3) is 10.1 Å². The van der Waals surface area contributed by atoms with Gasteiger partial charge in [0.1, 0.15) is 5.25 Å². The Morgan fingerprint density at radius 3 is 2.36 bits per heavy atom. The average Bonchev–Trinajstić information content (AvgIpc) is 2.76. The lowest BCUT2D eigenvalue weighted by Crippen LogP contribution is -2.67. The summed E-state index contributed by atoms with van der Waals surface area (Å²) in [6, 6.07) is 0. The molecule has 1 amide bonds. The summed E-state index contributed by atoms with van der Waals surface area (Å²) in [5.74, 6) is -1.52. The fourth-order valence-corrected chi connectivity index (χ4v) is 8.69. The summed E-state index contributed by atoms with van der Waals surface area (Å²) in [5, 5.41) is 1.06. The molecule has 4 aliphatic rings. The van der Waals surface area contributed by atoms with Crippen LogP contribution in [0.3, 0.4) is 0 Å². The van der Waals surface area contributed by atoms with Gasteiger partial charge >= 0.3 is 0 Å². The molecule has 0 radical (unpaired) electrons. The van der Waals surface area contributed by atoms with E-state index in [2.05, 4.69) is 10.2 Å². The number of carbonyl (C=O) groups excluding carboxylic acids is 1. The highest BCUT2D eigenvalue weighted by Crippen LogP contribution is 2.29. The third-order valence-electron chi connectivity index (χ3n) is 5.91. The van der Waals surface area contributed by atoms with Crippen LogP contribution in [0.15, 0.2) is 0 Å². The number of hydrogen-bond acceptors (Lipinski definition) is 6. The van der Waals surface area contributed by atoms with Gasteiger partial charge in [-0.3, -0.25) is 14.2 Å². The molecule has 2 bridgehead atoms. The smallest absolute Gasteiger partial charge is 0.271 e. The van der Waals surface area contributed by atoms with Crippen molar-refractivity contribution in [2.75, 3.05) is 57.3 Å². The number of sulfone groups is 1. The first-order valence-electron chi connectivity index (χ1n) is 8.48. The van der Waals surface area contributed by atoms with Gasteiger partial charge in [-0.1, -0.05) is 0 Å². The SMILES string of the molecule is C[C@@]1(NC(=O)CC[N+]23CCN(CC2)CC3)CS(=O)(=O)C[C@H]1S(=O)(=O)O. The van der Waals surface area contributed by atoms with E-state index in [1.165, 1.54) is 6.92 Å². The van der Waals surface area contributed by atoms with Crippen LogP contribution in [-0.4, -0.2) is 105 Å². The molecule has 2 atom stereocenters. The Morgan fingerprint density at radius 2 is 1.84 bits per heavy atom. The lowest BCUT2D eigenvalue weighted by atomic mass is 10.0. The van der Waals surface area contributed by atoms with E-state index in [1.807, 2.05) is 0 Å². The number of nitrogens with one attached hydrogen (secondary N) is 1. The Bertz CT molecular complexity index is 744. The molecule has 4 heterocycles. The van der Waals surface area contributed by atoms with Crippen molar-refractivity contribution in [1.82, 2.24) is 10.2 Å². The molecule has 25 heavy (non-hydrogen) atoms. The van der Waals surface area contributed by atoms with Crippen LogP contribution in [0.1, 0.15) is 13.3 Å². The molecule has 9 nitrogen and oxygen atoms in total. The summed E-state index contributed by atoms with van der Waals surface area (Å²) >= 11 is 0. The van der Waals surface area contributed by atoms with E-state index in [0.29, 0.717) is 6.54 Å². The molecule has 4 fully saturated rings. The van der Waals surface area contributed by atoms with Crippen molar-refractivity contribution in [3.8, 4) is 0 Å². The van der Waals surface area contributed by atoms with E-state index in [4.69, 9.17) is 0 Å². The highest BCUT2D eigenvalue weighted by Gasteiger charge is 2.54. The van der Waals surface area contributed by atoms with Crippen LogP contribution >= 0.6 is 0 Å². The van der Waals surface area contributed by atoms with Gasteiger partial charge in [-0.2, -0.15) is 8.42 Å². The van der Waals surface area contributed by atoms with Crippen molar-refractivity contribution in [2.45, 2.75) is 24.1 Å². The zero-order chi connectivity index (χ0) is 18.5. The van der Waals surface area contributed by atoms with Crippen molar-refractivity contribution in [3.63, 3.8) is 0 Å². The lowest BCUT2D eigenvalue weighted by Gasteiger charge is -2.50. The number of carbonyl (C=O) groups is 1. The number of hydrogen-bond donors (Lipinski definition) is 2. The molecule has 11 heteroatoms. The zero-order valence-corrected chi connectivity index (χ0v) is 16.0. The molecule has 0 aromatic rings. The summed E-state index contributed by atoms with van der Waals surface area (Å²) in [5.41, 5.74) is -1.50. The Kier molecular flexibility index (Phi) is 4.68.